The molecule has 4 rings (SSSR count). The van der Waals surface area contributed by atoms with Crippen molar-refractivity contribution in [3.8, 4) is 11.3 Å². The van der Waals surface area contributed by atoms with Crippen LogP contribution in [-0.4, -0.2) is 10.9 Å². The number of halogens is 2. The maximum absolute atomic E-state index is 12.4. The summed E-state index contributed by atoms with van der Waals surface area (Å²) in [7, 11) is 0. The van der Waals surface area contributed by atoms with Crippen LogP contribution in [-0.2, 0) is 0 Å². The highest BCUT2D eigenvalue weighted by atomic mass is 35.5. The van der Waals surface area contributed by atoms with Crippen LogP contribution < -0.4 is 10.9 Å². The van der Waals surface area contributed by atoms with E-state index in [2.05, 4.69) is 10.3 Å². The summed E-state index contributed by atoms with van der Waals surface area (Å²) >= 11 is 13.0. The number of nitrogens with one attached hydrogen (secondary N) is 1. The van der Waals surface area contributed by atoms with Gasteiger partial charge in [0.2, 0.25) is 0 Å². The van der Waals surface area contributed by atoms with Crippen molar-refractivity contribution in [2.45, 2.75) is 0 Å². The number of fused-ring (bicyclic) bond motifs is 1. The van der Waals surface area contributed by atoms with Crippen LogP contribution in [0.1, 0.15) is 10.4 Å². The van der Waals surface area contributed by atoms with E-state index in [1.807, 2.05) is 12.1 Å². The highest BCUT2D eigenvalue weighted by molar-refractivity contribution is 7.14. The minimum absolute atomic E-state index is 0.314. The molecule has 1 N–H and O–H groups in total. The molecule has 0 radical (unpaired) electrons. The number of hydrogen-bond acceptors (Lipinski definition) is 5. The van der Waals surface area contributed by atoms with Crippen molar-refractivity contribution < 1.29 is 9.21 Å². The third-order valence-corrected chi connectivity index (χ3v) is 4.96. The summed E-state index contributed by atoms with van der Waals surface area (Å²) in [5, 5.41) is 6.22. The summed E-state index contributed by atoms with van der Waals surface area (Å²) < 4.78 is 5.33. The first-order valence-corrected chi connectivity index (χ1v) is 9.39. The molecule has 1 amide bonds. The molecule has 0 saturated carbocycles. The average Bonchev–Trinajstić information content (AvgIpc) is 3.08. The molecule has 0 unspecified atom stereocenters. The Labute approximate surface area is 167 Å². The van der Waals surface area contributed by atoms with E-state index in [1.54, 1.807) is 29.6 Å². The molecule has 0 bridgehead atoms. The summed E-state index contributed by atoms with van der Waals surface area (Å²) in [6.45, 7) is 0. The molecule has 2 aromatic carbocycles. The third kappa shape index (κ3) is 3.73. The summed E-state index contributed by atoms with van der Waals surface area (Å²) in [5.74, 6) is -0.397. The number of thiazole rings is 1. The number of carbonyl (C=O) groups is 1. The van der Waals surface area contributed by atoms with E-state index >= 15 is 0 Å². The highest BCUT2D eigenvalue weighted by Gasteiger charge is 2.14. The quantitative estimate of drug-likeness (QED) is 0.449. The van der Waals surface area contributed by atoms with E-state index in [0.29, 0.717) is 37.6 Å². The van der Waals surface area contributed by atoms with Gasteiger partial charge in [0.1, 0.15) is 5.58 Å². The van der Waals surface area contributed by atoms with Crippen LogP contribution in [0.2, 0.25) is 10.0 Å². The van der Waals surface area contributed by atoms with Crippen molar-refractivity contribution in [1.82, 2.24) is 4.98 Å². The van der Waals surface area contributed by atoms with Gasteiger partial charge in [0.15, 0.2) is 5.13 Å². The Balaban J connectivity index is 1.63. The van der Waals surface area contributed by atoms with Crippen molar-refractivity contribution in [3.63, 3.8) is 0 Å². The first kappa shape index (κ1) is 17.7. The molecule has 27 heavy (non-hydrogen) atoms. The van der Waals surface area contributed by atoms with Crippen LogP contribution in [0.5, 0.6) is 0 Å². The summed E-state index contributed by atoms with van der Waals surface area (Å²) in [6.07, 6.45) is 0. The number of benzene rings is 2. The second kappa shape index (κ2) is 7.15. The summed E-state index contributed by atoms with van der Waals surface area (Å²) in [6, 6.07) is 13.5. The van der Waals surface area contributed by atoms with Crippen molar-refractivity contribution in [1.29, 1.82) is 0 Å². The molecular formula is C19H10Cl2N2O3S. The lowest BCUT2D eigenvalue weighted by molar-refractivity contribution is 0.102. The maximum Gasteiger partial charge on any atom is 0.345 e. The fourth-order valence-corrected chi connectivity index (χ4v) is 3.78. The van der Waals surface area contributed by atoms with Gasteiger partial charge in [0.05, 0.1) is 11.3 Å². The molecule has 4 aromatic rings. The lowest BCUT2D eigenvalue weighted by Crippen LogP contribution is -2.11. The fourth-order valence-electron chi connectivity index (χ4n) is 2.55. The normalized spacial score (nSPS) is 10.9. The minimum Gasteiger partial charge on any atom is -0.422 e. The summed E-state index contributed by atoms with van der Waals surface area (Å²) in [5.41, 5.74) is 1.09. The van der Waals surface area contributed by atoms with Crippen molar-refractivity contribution in [3.05, 3.63) is 79.9 Å². The SMILES string of the molecule is O=C(Nc1nc(-c2cc3ccccc3oc2=O)cs1)c1cc(Cl)cc(Cl)c1. The Hall–Kier alpha value is -2.67. The molecule has 0 aliphatic heterocycles. The van der Waals surface area contributed by atoms with Gasteiger partial charge in [0.25, 0.3) is 5.91 Å². The number of para-hydroxylation sites is 1. The largest absolute Gasteiger partial charge is 0.422 e. The van der Waals surface area contributed by atoms with Crippen LogP contribution in [0.15, 0.2) is 63.1 Å². The Morgan fingerprint density at radius 1 is 1.07 bits per heavy atom. The van der Waals surface area contributed by atoms with Crippen molar-refractivity contribution >= 4 is 56.5 Å². The third-order valence-electron chi connectivity index (χ3n) is 3.77. The fraction of sp³-hybridized carbons (Fsp3) is 0. The van der Waals surface area contributed by atoms with Gasteiger partial charge in [-0.15, -0.1) is 11.3 Å². The smallest absolute Gasteiger partial charge is 0.345 e. The molecule has 2 aromatic heterocycles. The number of hydrogen-bond donors (Lipinski definition) is 1. The van der Waals surface area contributed by atoms with E-state index in [4.69, 9.17) is 27.6 Å². The first-order valence-electron chi connectivity index (χ1n) is 7.76. The number of nitrogens with zero attached hydrogens (tertiary/aromatic N) is 1. The topological polar surface area (TPSA) is 72.2 Å². The predicted molar refractivity (Wildman–Crippen MR) is 108 cm³/mol. The van der Waals surface area contributed by atoms with Crippen molar-refractivity contribution in [2.24, 2.45) is 0 Å². The number of carbonyl (C=O) groups excluding carboxylic acids is 1. The van der Waals surface area contributed by atoms with Crippen LogP contribution in [0.25, 0.3) is 22.2 Å². The van der Waals surface area contributed by atoms with Gasteiger partial charge in [-0.1, -0.05) is 41.4 Å². The predicted octanol–water partition coefficient (Wildman–Crippen LogP) is 5.48. The van der Waals surface area contributed by atoms with Gasteiger partial charge in [0, 0.05) is 26.4 Å². The van der Waals surface area contributed by atoms with E-state index < -0.39 is 11.5 Å². The molecule has 2 heterocycles. The van der Waals surface area contributed by atoms with Gasteiger partial charge in [-0.2, -0.15) is 0 Å². The highest BCUT2D eigenvalue weighted by Crippen LogP contribution is 2.26. The zero-order chi connectivity index (χ0) is 19.0. The van der Waals surface area contributed by atoms with E-state index in [-0.39, 0.29) is 0 Å². The zero-order valence-corrected chi connectivity index (χ0v) is 15.9. The van der Waals surface area contributed by atoms with Crippen LogP contribution in [0, 0.1) is 0 Å². The van der Waals surface area contributed by atoms with Crippen molar-refractivity contribution in [2.75, 3.05) is 5.32 Å². The Morgan fingerprint density at radius 3 is 2.59 bits per heavy atom. The number of anilines is 1. The molecular weight excluding hydrogens is 407 g/mol. The number of aromatic nitrogens is 1. The second-order valence-corrected chi connectivity index (χ2v) is 7.37. The molecule has 0 fully saturated rings. The molecule has 8 heteroatoms. The maximum atomic E-state index is 12.4. The lowest BCUT2D eigenvalue weighted by Gasteiger charge is -2.03. The molecule has 0 atom stereocenters. The molecule has 5 nitrogen and oxygen atoms in total. The van der Waals surface area contributed by atoms with Gasteiger partial charge >= 0.3 is 5.63 Å². The Morgan fingerprint density at radius 2 is 1.81 bits per heavy atom. The number of amides is 1. The first-order chi connectivity index (χ1) is 13.0. The Bertz CT molecular complexity index is 1210. The number of rotatable bonds is 3. The van der Waals surface area contributed by atoms with E-state index in [1.165, 1.54) is 23.5 Å². The van der Waals surface area contributed by atoms with Gasteiger partial charge in [-0.3, -0.25) is 10.1 Å². The Kier molecular flexibility index (Phi) is 4.70. The lowest BCUT2D eigenvalue weighted by atomic mass is 10.1. The molecule has 134 valence electrons. The zero-order valence-electron chi connectivity index (χ0n) is 13.5. The minimum atomic E-state index is -0.488. The molecule has 0 spiro atoms. The van der Waals surface area contributed by atoms with E-state index in [0.717, 1.165) is 5.39 Å². The molecule has 0 saturated heterocycles. The molecule has 0 aliphatic carbocycles. The monoisotopic (exact) mass is 416 g/mol. The van der Waals surface area contributed by atoms with Gasteiger partial charge in [-0.25, -0.2) is 9.78 Å². The van der Waals surface area contributed by atoms with Crippen LogP contribution in [0.4, 0.5) is 5.13 Å². The van der Waals surface area contributed by atoms with E-state index in [9.17, 15) is 9.59 Å². The van der Waals surface area contributed by atoms with Crippen LogP contribution in [0.3, 0.4) is 0 Å². The van der Waals surface area contributed by atoms with Crippen LogP contribution >= 0.6 is 34.5 Å². The summed E-state index contributed by atoms with van der Waals surface area (Å²) in [4.78, 5) is 28.9. The molecule has 0 aliphatic rings. The standard InChI is InChI=1S/C19H10Cl2N2O3S/c20-12-5-11(6-13(21)8-12)17(24)23-19-22-15(9-27-19)14-7-10-3-1-2-4-16(10)26-18(14)25/h1-9H,(H,22,23,24). The van der Waals surface area contributed by atoms with Gasteiger partial charge in [-0.05, 0) is 30.3 Å². The second-order valence-electron chi connectivity index (χ2n) is 5.64. The average molecular weight is 417 g/mol. The van der Waals surface area contributed by atoms with Gasteiger partial charge < -0.3 is 4.42 Å².